The van der Waals surface area contributed by atoms with Crippen LogP contribution in [0.1, 0.15) is 32.4 Å². The quantitative estimate of drug-likeness (QED) is 0.646. The van der Waals surface area contributed by atoms with Crippen LogP contribution in [0, 0.1) is 0 Å². The number of hydrogen-bond donors (Lipinski definition) is 3. The van der Waals surface area contributed by atoms with E-state index < -0.39 is 6.04 Å². The maximum absolute atomic E-state index is 13.1. The molecule has 1 unspecified atom stereocenters. The smallest absolute Gasteiger partial charge is 0.287 e. The molecule has 0 saturated carbocycles. The maximum Gasteiger partial charge on any atom is 0.287 e. The summed E-state index contributed by atoms with van der Waals surface area (Å²) in [5.41, 5.74) is 1.06. The zero-order valence-electron chi connectivity index (χ0n) is 17.5. The molecule has 0 saturated heterocycles. The van der Waals surface area contributed by atoms with Crippen molar-refractivity contribution >= 4 is 29.1 Å². The highest BCUT2D eigenvalue weighted by atomic mass is 35.5. The number of amides is 2. The van der Waals surface area contributed by atoms with Crippen LogP contribution in [0.3, 0.4) is 0 Å². The summed E-state index contributed by atoms with van der Waals surface area (Å²) in [4.78, 5) is 26.3. The lowest BCUT2D eigenvalue weighted by Crippen LogP contribution is -3.11. The van der Waals surface area contributed by atoms with Crippen molar-refractivity contribution in [1.29, 1.82) is 0 Å². The van der Waals surface area contributed by atoms with E-state index >= 15 is 0 Å². The number of rotatable bonds is 7. The lowest BCUT2D eigenvalue weighted by Gasteiger charge is -2.26. The first-order valence-corrected chi connectivity index (χ1v) is 9.81. The number of nitrogens with one attached hydrogen (secondary N) is 3. The van der Waals surface area contributed by atoms with Crippen LogP contribution in [0.4, 0.5) is 5.69 Å². The van der Waals surface area contributed by atoms with Crippen LogP contribution >= 0.6 is 11.6 Å². The predicted molar refractivity (Wildman–Crippen MR) is 115 cm³/mol. The minimum Gasteiger partial charge on any atom is -0.495 e. The average Bonchev–Trinajstić information content (AvgIpc) is 2.61. The van der Waals surface area contributed by atoms with Crippen molar-refractivity contribution < 1.29 is 19.2 Å². The van der Waals surface area contributed by atoms with Gasteiger partial charge in [-0.3, -0.25) is 9.59 Å². The topological polar surface area (TPSA) is 71.9 Å². The van der Waals surface area contributed by atoms with Crippen molar-refractivity contribution in [3.05, 3.63) is 59.1 Å². The van der Waals surface area contributed by atoms with Gasteiger partial charge in [-0.1, -0.05) is 41.9 Å². The second-order valence-electron chi connectivity index (χ2n) is 8.00. The minimum atomic E-state index is -0.567. The van der Waals surface area contributed by atoms with Crippen LogP contribution in [0.5, 0.6) is 5.75 Å². The highest BCUT2D eigenvalue weighted by Gasteiger charge is 2.31. The Morgan fingerprint density at radius 3 is 2.34 bits per heavy atom. The summed E-state index contributed by atoms with van der Waals surface area (Å²) in [6, 6.07) is 13.9. The summed E-state index contributed by atoms with van der Waals surface area (Å²) in [6.07, 6.45) is 0. The van der Waals surface area contributed by atoms with Crippen LogP contribution in [0.25, 0.3) is 0 Å². The number of likely N-dealkylation sites (N-methyl/N-ethyl adjacent to an activating group) is 1. The van der Waals surface area contributed by atoms with E-state index in [1.165, 1.54) is 7.11 Å². The number of ether oxygens (including phenoxy) is 1. The number of carbonyl (C=O) groups is 2. The second kappa shape index (κ2) is 9.76. The molecule has 0 spiro atoms. The molecule has 2 aromatic rings. The standard InChI is InChI=1S/C22H28ClN3O3/c1-22(2,3)25-19(27)14-26(4)20(15-9-7-6-8-10-15)21(28)24-16-11-12-18(29-5)17(23)13-16/h6-13,20H,14H2,1-5H3,(H,24,28)(H,25,27)/p+1/t20-/m1/s1. The van der Waals surface area contributed by atoms with Crippen LogP contribution in [-0.2, 0) is 9.59 Å². The van der Waals surface area contributed by atoms with Crippen molar-refractivity contribution in [2.24, 2.45) is 0 Å². The molecule has 29 heavy (non-hydrogen) atoms. The van der Waals surface area contributed by atoms with Crippen molar-refractivity contribution in [2.75, 3.05) is 26.0 Å². The summed E-state index contributed by atoms with van der Waals surface area (Å²) in [7, 11) is 3.37. The second-order valence-corrected chi connectivity index (χ2v) is 8.41. The Kier molecular flexibility index (Phi) is 7.65. The molecule has 0 aliphatic heterocycles. The third kappa shape index (κ3) is 6.76. The summed E-state index contributed by atoms with van der Waals surface area (Å²) >= 11 is 6.17. The van der Waals surface area contributed by atoms with E-state index in [1.807, 2.05) is 58.2 Å². The van der Waals surface area contributed by atoms with E-state index in [-0.39, 0.29) is 23.9 Å². The van der Waals surface area contributed by atoms with Crippen LogP contribution < -0.4 is 20.3 Å². The van der Waals surface area contributed by atoms with Gasteiger partial charge in [-0.15, -0.1) is 0 Å². The number of carbonyl (C=O) groups excluding carboxylic acids is 2. The van der Waals surface area contributed by atoms with Crippen LogP contribution in [0.2, 0.25) is 5.02 Å². The van der Waals surface area contributed by atoms with E-state index in [2.05, 4.69) is 10.6 Å². The Morgan fingerprint density at radius 2 is 1.79 bits per heavy atom. The SMILES string of the molecule is COc1ccc(NC(=O)[C@@H](c2ccccc2)[NH+](C)CC(=O)NC(C)(C)C)cc1Cl. The van der Waals surface area contributed by atoms with Gasteiger partial charge in [-0.25, -0.2) is 0 Å². The van der Waals surface area contributed by atoms with Gasteiger partial charge in [0.1, 0.15) is 5.75 Å². The first-order valence-electron chi connectivity index (χ1n) is 9.43. The molecule has 0 fully saturated rings. The number of quaternary nitrogens is 1. The first kappa shape index (κ1) is 22.7. The predicted octanol–water partition coefficient (Wildman–Crippen LogP) is 2.46. The highest BCUT2D eigenvalue weighted by Crippen LogP contribution is 2.27. The number of methoxy groups -OCH3 is 1. The van der Waals surface area contributed by atoms with Crippen molar-refractivity contribution in [3.63, 3.8) is 0 Å². The number of benzene rings is 2. The number of anilines is 1. The third-order valence-electron chi connectivity index (χ3n) is 4.26. The monoisotopic (exact) mass is 418 g/mol. The summed E-state index contributed by atoms with van der Waals surface area (Å²) in [6.45, 7) is 5.94. The molecule has 0 bridgehead atoms. The highest BCUT2D eigenvalue weighted by molar-refractivity contribution is 6.32. The molecule has 2 aromatic carbocycles. The average molecular weight is 419 g/mol. The van der Waals surface area contributed by atoms with Gasteiger partial charge < -0.3 is 20.3 Å². The first-order chi connectivity index (χ1) is 13.6. The van der Waals surface area contributed by atoms with Gasteiger partial charge in [0.2, 0.25) is 0 Å². The molecule has 0 aliphatic carbocycles. The van der Waals surface area contributed by atoms with E-state index in [9.17, 15) is 9.59 Å². The Hall–Kier alpha value is -2.57. The molecule has 0 aromatic heterocycles. The van der Waals surface area contributed by atoms with Crippen molar-refractivity contribution in [3.8, 4) is 5.75 Å². The summed E-state index contributed by atoms with van der Waals surface area (Å²) < 4.78 is 5.15. The molecule has 2 amide bonds. The molecule has 2 rings (SSSR count). The molecule has 0 aliphatic rings. The van der Waals surface area contributed by atoms with Gasteiger partial charge in [0.15, 0.2) is 12.6 Å². The fourth-order valence-electron chi connectivity index (χ4n) is 3.08. The van der Waals surface area contributed by atoms with Gasteiger partial charge in [0.25, 0.3) is 11.8 Å². The van der Waals surface area contributed by atoms with E-state index in [1.54, 1.807) is 18.2 Å². The molecule has 6 nitrogen and oxygen atoms in total. The molecular weight excluding hydrogens is 390 g/mol. The number of hydrogen-bond acceptors (Lipinski definition) is 3. The zero-order valence-corrected chi connectivity index (χ0v) is 18.3. The molecular formula is C22H29ClN3O3+. The molecule has 0 radical (unpaired) electrons. The molecule has 0 heterocycles. The Bertz CT molecular complexity index is 850. The lowest BCUT2D eigenvalue weighted by molar-refractivity contribution is -0.894. The number of halogens is 1. The fourth-order valence-corrected chi connectivity index (χ4v) is 3.34. The third-order valence-corrected chi connectivity index (χ3v) is 4.56. The summed E-state index contributed by atoms with van der Waals surface area (Å²) in [5, 5.41) is 6.25. The normalized spacial score (nSPS) is 13.3. The van der Waals surface area contributed by atoms with Gasteiger partial charge >= 0.3 is 0 Å². The lowest BCUT2D eigenvalue weighted by atomic mass is 10.0. The molecule has 156 valence electrons. The maximum atomic E-state index is 13.1. The van der Waals surface area contributed by atoms with Crippen LogP contribution in [0.15, 0.2) is 48.5 Å². The van der Waals surface area contributed by atoms with Gasteiger partial charge in [-0.2, -0.15) is 0 Å². The Labute approximate surface area is 177 Å². The fraction of sp³-hybridized carbons (Fsp3) is 0.364. The zero-order chi connectivity index (χ0) is 21.6. The van der Waals surface area contributed by atoms with Crippen LogP contribution in [-0.4, -0.2) is 38.1 Å². The van der Waals surface area contributed by atoms with E-state index in [4.69, 9.17) is 16.3 Å². The summed E-state index contributed by atoms with van der Waals surface area (Å²) in [5.74, 6) is 0.195. The Morgan fingerprint density at radius 1 is 1.14 bits per heavy atom. The van der Waals surface area contributed by atoms with Crippen molar-refractivity contribution in [2.45, 2.75) is 32.4 Å². The van der Waals surface area contributed by atoms with Crippen molar-refractivity contribution in [1.82, 2.24) is 5.32 Å². The minimum absolute atomic E-state index is 0.115. The van der Waals surface area contributed by atoms with Gasteiger partial charge in [0.05, 0.1) is 19.2 Å². The van der Waals surface area contributed by atoms with Gasteiger partial charge in [-0.05, 0) is 39.0 Å². The van der Waals surface area contributed by atoms with Gasteiger partial charge in [0, 0.05) is 16.8 Å². The Balaban J connectivity index is 2.22. The molecule has 2 atom stereocenters. The molecule has 3 N–H and O–H groups in total. The van der Waals surface area contributed by atoms with E-state index in [0.717, 1.165) is 10.5 Å². The van der Waals surface area contributed by atoms with E-state index in [0.29, 0.717) is 16.5 Å². The largest absolute Gasteiger partial charge is 0.495 e. The molecule has 7 heteroatoms.